The lowest BCUT2D eigenvalue weighted by molar-refractivity contribution is -0.0866. The summed E-state index contributed by atoms with van der Waals surface area (Å²) < 4.78 is 6.04. The van der Waals surface area contributed by atoms with E-state index in [4.69, 9.17) is 4.74 Å². The number of nitrogens with zero attached hydrogens (tertiary/aromatic N) is 2. The first-order chi connectivity index (χ1) is 10.1. The molecule has 21 heavy (non-hydrogen) atoms. The van der Waals surface area contributed by atoms with Crippen molar-refractivity contribution < 1.29 is 9.53 Å². The minimum absolute atomic E-state index is 0.0134. The molecule has 1 aliphatic heterocycles. The summed E-state index contributed by atoms with van der Waals surface area (Å²) in [6.45, 7) is 4.64. The number of ketones is 1. The summed E-state index contributed by atoms with van der Waals surface area (Å²) in [5.41, 5.74) is 2.42. The van der Waals surface area contributed by atoms with Gasteiger partial charge in [-0.3, -0.25) is 4.79 Å². The Hall–Kier alpha value is -1.29. The van der Waals surface area contributed by atoms with Gasteiger partial charge in [-0.1, -0.05) is 19.8 Å². The molecule has 0 bridgehead atoms. The third-order valence-corrected chi connectivity index (χ3v) is 4.97. The lowest BCUT2D eigenvalue weighted by Crippen LogP contribution is -2.40. The molecular formula is C17H24N2O2. The Labute approximate surface area is 126 Å². The molecule has 1 spiro atoms. The van der Waals surface area contributed by atoms with Gasteiger partial charge in [0.05, 0.1) is 17.0 Å². The van der Waals surface area contributed by atoms with Crippen LogP contribution in [0, 0.1) is 12.8 Å². The van der Waals surface area contributed by atoms with Crippen molar-refractivity contribution >= 4 is 5.78 Å². The molecule has 1 saturated heterocycles. The van der Waals surface area contributed by atoms with Crippen LogP contribution in [0.3, 0.4) is 0 Å². The minimum atomic E-state index is -0.0134. The van der Waals surface area contributed by atoms with Crippen molar-refractivity contribution in [3.05, 3.63) is 23.0 Å². The van der Waals surface area contributed by atoms with Crippen LogP contribution in [0.5, 0.6) is 0 Å². The molecule has 2 aliphatic rings. The molecule has 4 heteroatoms. The van der Waals surface area contributed by atoms with E-state index in [0.717, 1.165) is 55.7 Å². The predicted octanol–water partition coefficient (Wildman–Crippen LogP) is 3.27. The summed E-state index contributed by atoms with van der Waals surface area (Å²) in [5.74, 6) is 0.338. The molecular weight excluding hydrogens is 264 g/mol. The van der Waals surface area contributed by atoms with E-state index >= 15 is 0 Å². The Kier molecular flexibility index (Phi) is 4.07. The fourth-order valence-electron chi connectivity index (χ4n) is 3.83. The van der Waals surface area contributed by atoms with Gasteiger partial charge in [-0.05, 0) is 45.1 Å². The molecule has 0 N–H and O–H groups in total. The molecule has 3 rings (SSSR count). The van der Waals surface area contributed by atoms with E-state index in [1.165, 1.54) is 12.8 Å². The highest BCUT2D eigenvalue weighted by Gasteiger charge is 2.42. The van der Waals surface area contributed by atoms with E-state index in [-0.39, 0.29) is 17.3 Å². The van der Waals surface area contributed by atoms with Crippen molar-refractivity contribution in [2.75, 3.05) is 6.61 Å². The average Bonchev–Trinajstić information content (AvgIpc) is 2.94. The van der Waals surface area contributed by atoms with E-state index in [1.54, 1.807) is 0 Å². The van der Waals surface area contributed by atoms with Crippen LogP contribution in [0.2, 0.25) is 0 Å². The average molecular weight is 288 g/mol. The maximum Gasteiger partial charge on any atom is 0.168 e. The SMILES string of the molecule is CCc1nnc(C)cc1C(=O)C1CCOC2(CCCC2)C1. The van der Waals surface area contributed by atoms with Crippen LogP contribution in [-0.4, -0.2) is 28.2 Å². The third kappa shape index (κ3) is 2.86. The smallest absolute Gasteiger partial charge is 0.168 e. The highest BCUT2D eigenvalue weighted by atomic mass is 16.5. The molecule has 1 unspecified atom stereocenters. The fraction of sp³-hybridized carbons (Fsp3) is 0.706. The maximum absolute atomic E-state index is 12.9. The van der Waals surface area contributed by atoms with Crippen LogP contribution in [-0.2, 0) is 11.2 Å². The molecule has 1 aromatic rings. The first kappa shape index (κ1) is 14.6. The molecule has 1 atom stereocenters. The summed E-state index contributed by atoms with van der Waals surface area (Å²) >= 11 is 0. The molecule has 4 nitrogen and oxygen atoms in total. The number of aryl methyl sites for hydroxylation is 2. The maximum atomic E-state index is 12.9. The molecule has 114 valence electrons. The molecule has 1 aromatic heterocycles. The van der Waals surface area contributed by atoms with Crippen LogP contribution < -0.4 is 0 Å². The first-order valence-electron chi connectivity index (χ1n) is 8.15. The second kappa shape index (κ2) is 5.84. The second-order valence-electron chi connectivity index (χ2n) is 6.49. The summed E-state index contributed by atoms with van der Waals surface area (Å²) in [7, 11) is 0. The number of hydrogen-bond donors (Lipinski definition) is 0. The van der Waals surface area contributed by atoms with Crippen molar-refractivity contribution in [2.45, 2.75) is 64.4 Å². The molecule has 0 aromatic carbocycles. The largest absolute Gasteiger partial charge is 0.375 e. The number of aromatic nitrogens is 2. The molecule has 0 amide bonds. The van der Waals surface area contributed by atoms with Crippen LogP contribution in [0.1, 0.15) is 67.2 Å². The lowest BCUT2D eigenvalue weighted by Gasteiger charge is -2.37. The fourth-order valence-corrected chi connectivity index (χ4v) is 3.83. The monoisotopic (exact) mass is 288 g/mol. The Morgan fingerprint density at radius 3 is 2.86 bits per heavy atom. The topological polar surface area (TPSA) is 52.1 Å². The van der Waals surface area contributed by atoms with Crippen LogP contribution in [0.4, 0.5) is 0 Å². The highest BCUT2D eigenvalue weighted by Crippen LogP contribution is 2.42. The molecule has 2 fully saturated rings. The van der Waals surface area contributed by atoms with Gasteiger partial charge in [0.1, 0.15) is 0 Å². The van der Waals surface area contributed by atoms with Crippen LogP contribution in [0.25, 0.3) is 0 Å². The Balaban J connectivity index is 1.83. The Morgan fingerprint density at radius 2 is 2.14 bits per heavy atom. The zero-order valence-corrected chi connectivity index (χ0v) is 13.0. The zero-order valence-electron chi connectivity index (χ0n) is 13.0. The third-order valence-electron chi connectivity index (χ3n) is 4.97. The summed E-state index contributed by atoms with van der Waals surface area (Å²) in [6, 6.07) is 1.91. The number of carbonyl (C=O) groups excluding carboxylic acids is 1. The van der Waals surface area contributed by atoms with Gasteiger partial charge in [0, 0.05) is 18.1 Å². The van der Waals surface area contributed by atoms with Gasteiger partial charge in [-0.15, -0.1) is 0 Å². The van der Waals surface area contributed by atoms with Crippen molar-refractivity contribution in [3.8, 4) is 0 Å². The van der Waals surface area contributed by atoms with Crippen molar-refractivity contribution in [1.82, 2.24) is 10.2 Å². The van der Waals surface area contributed by atoms with E-state index < -0.39 is 0 Å². The second-order valence-corrected chi connectivity index (χ2v) is 6.49. The number of ether oxygens (including phenoxy) is 1. The van der Waals surface area contributed by atoms with Crippen LogP contribution >= 0.6 is 0 Å². The summed E-state index contributed by atoms with van der Waals surface area (Å²) in [4.78, 5) is 12.9. The van der Waals surface area contributed by atoms with Crippen molar-refractivity contribution in [2.24, 2.45) is 5.92 Å². The van der Waals surface area contributed by atoms with E-state index in [2.05, 4.69) is 10.2 Å². The predicted molar refractivity (Wildman–Crippen MR) is 80.4 cm³/mol. The van der Waals surface area contributed by atoms with Gasteiger partial charge >= 0.3 is 0 Å². The van der Waals surface area contributed by atoms with Crippen molar-refractivity contribution in [3.63, 3.8) is 0 Å². The normalized spacial score (nSPS) is 24.4. The van der Waals surface area contributed by atoms with Gasteiger partial charge in [-0.25, -0.2) is 0 Å². The van der Waals surface area contributed by atoms with Gasteiger partial charge in [0.2, 0.25) is 0 Å². The highest BCUT2D eigenvalue weighted by molar-refractivity contribution is 5.99. The van der Waals surface area contributed by atoms with Gasteiger partial charge in [-0.2, -0.15) is 10.2 Å². The standard InChI is InChI=1S/C17H24N2O2/c1-3-15-14(10-12(2)18-19-15)16(20)13-6-9-21-17(11-13)7-4-5-8-17/h10,13H,3-9,11H2,1-2H3. The molecule has 1 aliphatic carbocycles. The minimum Gasteiger partial charge on any atom is -0.375 e. The van der Waals surface area contributed by atoms with Crippen molar-refractivity contribution in [1.29, 1.82) is 0 Å². The molecule has 2 heterocycles. The van der Waals surface area contributed by atoms with E-state index in [9.17, 15) is 4.79 Å². The zero-order chi connectivity index (χ0) is 14.9. The first-order valence-corrected chi connectivity index (χ1v) is 8.15. The molecule has 1 saturated carbocycles. The van der Waals surface area contributed by atoms with E-state index in [0.29, 0.717) is 0 Å². The summed E-state index contributed by atoms with van der Waals surface area (Å²) in [6.07, 6.45) is 7.17. The van der Waals surface area contributed by atoms with Gasteiger partial charge in [0.15, 0.2) is 5.78 Å². The number of hydrogen-bond acceptors (Lipinski definition) is 4. The van der Waals surface area contributed by atoms with Gasteiger partial charge < -0.3 is 4.74 Å². The van der Waals surface area contributed by atoms with Crippen LogP contribution in [0.15, 0.2) is 6.07 Å². The van der Waals surface area contributed by atoms with E-state index in [1.807, 2.05) is 19.9 Å². The number of rotatable bonds is 3. The van der Waals surface area contributed by atoms with Gasteiger partial charge in [0.25, 0.3) is 0 Å². The summed E-state index contributed by atoms with van der Waals surface area (Å²) in [5, 5.41) is 8.28. The number of carbonyl (C=O) groups is 1. The Morgan fingerprint density at radius 1 is 1.38 bits per heavy atom. The quantitative estimate of drug-likeness (QED) is 0.801. The number of Topliss-reactive ketones (excluding diaryl/α,β-unsaturated/α-hetero) is 1. The Bertz CT molecular complexity index is 536. The lowest BCUT2D eigenvalue weighted by atomic mass is 9.80. The molecule has 0 radical (unpaired) electrons.